The second-order valence-electron chi connectivity index (χ2n) is 6.75. The Balaban J connectivity index is 1.85. The summed E-state index contributed by atoms with van der Waals surface area (Å²) in [6, 6.07) is 15.5. The largest absolute Gasteiger partial charge is 0.494 e. The maximum atomic E-state index is 5.80. The van der Waals surface area contributed by atoms with Crippen LogP contribution in [0, 0.1) is 5.92 Å². The molecule has 1 aliphatic carbocycles. The summed E-state index contributed by atoms with van der Waals surface area (Å²) in [5.41, 5.74) is 5.58. The number of fused-ring (bicyclic) bond motifs is 2. The normalized spacial score (nSPS) is 20.1. The zero-order valence-electron chi connectivity index (χ0n) is 14.3. The average Bonchev–Trinajstić information content (AvgIpc) is 2.79. The van der Waals surface area contributed by atoms with Crippen molar-refractivity contribution in [3.8, 4) is 5.75 Å². The Kier molecular flexibility index (Phi) is 4.40. The van der Waals surface area contributed by atoms with Gasteiger partial charge in [-0.15, -0.1) is 0 Å². The predicted octanol–water partition coefficient (Wildman–Crippen LogP) is 4.70. The second kappa shape index (κ2) is 6.82. The lowest BCUT2D eigenvalue weighted by Crippen LogP contribution is -2.31. The molecule has 1 saturated heterocycles. The van der Waals surface area contributed by atoms with Crippen molar-refractivity contribution in [1.29, 1.82) is 0 Å². The van der Waals surface area contributed by atoms with Crippen molar-refractivity contribution in [2.75, 3.05) is 19.7 Å². The van der Waals surface area contributed by atoms with E-state index in [1.807, 2.05) is 6.92 Å². The molecule has 0 bridgehead atoms. The number of rotatable bonds is 3. The minimum atomic E-state index is 0.453. The highest BCUT2D eigenvalue weighted by Gasteiger charge is 2.30. The Labute approximate surface area is 144 Å². The van der Waals surface area contributed by atoms with Crippen molar-refractivity contribution >= 4 is 12.2 Å². The summed E-state index contributed by atoms with van der Waals surface area (Å²) < 4.78 is 5.80. The summed E-state index contributed by atoms with van der Waals surface area (Å²) in [4.78, 5) is 0. The lowest BCUT2D eigenvalue weighted by molar-refractivity contribution is 0.332. The van der Waals surface area contributed by atoms with Gasteiger partial charge >= 0.3 is 0 Å². The van der Waals surface area contributed by atoms with E-state index in [2.05, 4.69) is 59.9 Å². The molecular weight excluding hydrogens is 294 g/mol. The smallest absolute Gasteiger partial charge is 0.119 e. The van der Waals surface area contributed by atoms with Gasteiger partial charge in [0.25, 0.3) is 0 Å². The van der Waals surface area contributed by atoms with E-state index >= 15 is 0 Å². The van der Waals surface area contributed by atoms with Crippen LogP contribution in [0.25, 0.3) is 12.2 Å². The molecule has 1 aliphatic heterocycles. The monoisotopic (exact) mass is 319 g/mol. The molecule has 1 N–H and O–H groups in total. The standard InChI is InChI=1S/C22H25NO/c1-2-24-19-10-9-17-8-7-16-5-3-4-6-20(16)22(21(17)15-19)18-11-13-23-14-12-18/h3-10,15,18,22-23H,2,11-14H2,1H3. The van der Waals surface area contributed by atoms with Crippen molar-refractivity contribution in [2.45, 2.75) is 25.7 Å². The van der Waals surface area contributed by atoms with Gasteiger partial charge in [0, 0.05) is 5.92 Å². The average molecular weight is 319 g/mol. The van der Waals surface area contributed by atoms with Crippen LogP contribution in [0.2, 0.25) is 0 Å². The third-order valence-electron chi connectivity index (χ3n) is 5.33. The van der Waals surface area contributed by atoms with Crippen molar-refractivity contribution in [3.05, 3.63) is 64.7 Å². The highest BCUT2D eigenvalue weighted by molar-refractivity contribution is 5.77. The van der Waals surface area contributed by atoms with E-state index in [1.165, 1.54) is 35.1 Å². The van der Waals surface area contributed by atoms with Gasteiger partial charge in [0.15, 0.2) is 0 Å². The highest BCUT2D eigenvalue weighted by atomic mass is 16.5. The first-order chi connectivity index (χ1) is 11.9. The fourth-order valence-corrected chi connectivity index (χ4v) is 4.21. The van der Waals surface area contributed by atoms with E-state index in [4.69, 9.17) is 4.74 Å². The van der Waals surface area contributed by atoms with Gasteiger partial charge in [-0.25, -0.2) is 0 Å². The van der Waals surface area contributed by atoms with Gasteiger partial charge in [0.05, 0.1) is 6.61 Å². The zero-order valence-corrected chi connectivity index (χ0v) is 14.3. The highest BCUT2D eigenvalue weighted by Crippen LogP contribution is 2.43. The molecule has 124 valence electrons. The quantitative estimate of drug-likeness (QED) is 0.885. The molecule has 1 heterocycles. The van der Waals surface area contributed by atoms with Crippen molar-refractivity contribution in [2.24, 2.45) is 5.92 Å². The van der Waals surface area contributed by atoms with Crippen LogP contribution in [0.5, 0.6) is 5.75 Å². The molecule has 4 rings (SSSR count). The number of benzene rings is 2. The summed E-state index contributed by atoms with van der Waals surface area (Å²) in [6.07, 6.45) is 7.01. The van der Waals surface area contributed by atoms with Crippen LogP contribution in [0.15, 0.2) is 42.5 Å². The number of piperidine rings is 1. The molecular formula is C22H25NO. The first-order valence-corrected chi connectivity index (χ1v) is 9.11. The van der Waals surface area contributed by atoms with Crippen LogP contribution in [0.1, 0.15) is 47.9 Å². The van der Waals surface area contributed by atoms with E-state index in [1.54, 1.807) is 0 Å². The van der Waals surface area contributed by atoms with Gasteiger partial charge in [-0.2, -0.15) is 0 Å². The minimum Gasteiger partial charge on any atom is -0.494 e. The Morgan fingerprint density at radius 1 is 0.958 bits per heavy atom. The van der Waals surface area contributed by atoms with Crippen LogP contribution in [-0.2, 0) is 0 Å². The van der Waals surface area contributed by atoms with Gasteiger partial charge in [0.1, 0.15) is 5.75 Å². The van der Waals surface area contributed by atoms with Crippen LogP contribution < -0.4 is 10.1 Å². The van der Waals surface area contributed by atoms with Crippen LogP contribution in [0.4, 0.5) is 0 Å². The zero-order chi connectivity index (χ0) is 16.4. The summed E-state index contributed by atoms with van der Waals surface area (Å²) in [5.74, 6) is 2.12. The van der Waals surface area contributed by atoms with Gasteiger partial charge in [-0.05, 0) is 73.2 Å². The molecule has 2 aromatic rings. The molecule has 2 aromatic carbocycles. The molecule has 24 heavy (non-hydrogen) atoms. The number of nitrogens with one attached hydrogen (secondary N) is 1. The molecule has 0 saturated carbocycles. The van der Waals surface area contributed by atoms with E-state index in [0.717, 1.165) is 18.8 Å². The summed E-state index contributed by atoms with van der Waals surface area (Å²) in [6.45, 7) is 5.00. The fraction of sp³-hybridized carbons (Fsp3) is 0.364. The molecule has 0 amide bonds. The molecule has 2 aliphatic rings. The second-order valence-corrected chi connectivity index (χ2v) is 6.75. The Morgan fingerprint density at radius 3 is 2.50 bits per heavy atom. The first-order valence-electron chi connectivity index (χ1n) is 9.11. The minimum absolute atomic E-state index is 0.453. The summed E-state index contributed by atoms with van der Waals surface area (Å²) >= 11 is 0. The number of ether oxygens (including phenoxy) is 1. The lowest BCUT2D eigenvalue weighted by Gasteiger charge is -2.32. The lowest BCUT2D eigenvalue weighted by atomic mass is 9.74. The van der Waals surface area contributed by atoms with Gasteiger partial charge in [-0.1, -0.05) is 42.5 Å². The van der Waals surface area contributed by atoms with Gasteiger partial charge in [0.2, 0.25) is 0 Å². The van der Waals surface area contributed by atoms with E-state index in [-0.39, 0.29) is 0 Å². The molecule has 0 spiro atoms. The molecule has 2 heteroatoms. The SMILES string of the molecule is CCOc1ccc2c(c1)C(C1CCNCC1)c1ccccc1C=C2. The number of hydrogen-bond acceptors (Lipinski definition) is 2. The van der Waals surface area contributed by atoms with Crippen molar-refractivity contribution in [1.82, 2.24) is 5.32 Å². The summed E-state index contributed by atoms with van der Waals surface area (Å²) in [5, 5.41) is 3.51. The van der Waals surface area contributed by atoms with Crippen LogP contribution in [0.3, 0.4) is 0 Å². The number of hydrogen-bond donors (Lipinski definition) is 1. The summed E-state index contributed by atoms with van der Waals surface area (Å²) in [7, 11) is 0. The third-order valence-corrected chi connectivity index (χ3v) is 5.33. The van der Waals surface area contributed by atoms with Crippen LogP contribution >= 0.6 is 0 Å². The van der Waals surface area contributed by atoms with E-state index in [9.17, 15) is 0 Å². The molecule has 1 atom stereocenters. The molecule has 0 aromatic heterocycles. The van der Waals surface area contributed by atoms with Crippen molar-refractivity contribution in [3.63, 3.8) is 0 Å². The molecule has 1 fully saturated rings. The molecule has 0 radical (unpaired) electrons. The Hall–Kier alpha value is -2.06. The Bertz CT molecular complexity index is 743. The fourth-order valence-electron chi connectivity index (χ4n) is 4.21. The van der Waals surface area contributed by atoms with Crippen molar-refractivity contribution < 1.29 is 4.74 Å². The van der Waals surface area contributed by atoms with E-state index in [0.29, 0.717) is 18.4 Å². The van der Waals surface area contributed by atoms with Crippen LogP contribution in [-0.4, -0.2) is 19.7 Å². The van der Waals surface area contributed by atoms with Gasteiger partial charge < -0.3 is 10.1 Å². The maximum Gasteiger partial charge on any atom is 0.119 e. The Morgan fingerprint density at radius 2 is 1.71 bits per heavy atom. The third kappa shape index (κ3) is 2.87. The van der Waals surface area contributed by atoms with E-state index < -0.39 is 0 Å². The predicted molar refractivity (Wildman–Crippen MR) is 100 cm³/mol. The molecule has 2 nitrogen and oxygen atoms in total. The topological polar surface area (TPSA) is 21.3 Å². The molecule has 1 unspecified atom stereocenters. The first kappa shape index (κ1) is 15.5. The maximum absolute atomic E-state index is 5.80. The van der Waals surface area contributed by atoms with Gasteiger partial charge in [-0.3, -0.25) is 0 Å².